The molecule has 2 N–H and O–H groups in total. The van der Waals surface area contributed by atoms with Gasteiger partial charge in [0.05, 0.1) is 29.0 Å². The molecule has 0 aliphatic carbocycles. The molecule has 4 aromatic rings. The van der Waals surface area contributed by atoms with Crippen molar-refractivity contribution in [3.63, 3.8) is 0 Å². The smallest absolute Gasteiger partial charge is 0.343 e. The Morgan fingerprint density at radius 1 is 1.14 bits per heavy atom. The van der Waals surface area contributed by atoms with Gasteiger partial charge in [-0.1, -0.05) is 43.3 Å². The van der Waals surface area contributed by atoms with Crippen molar-refractivity contribution < 1.29 is 24.5 Å². The molecule has 2 aliphatic heterocycles. The molecule has 4 heterocycles. The van der Waals surface area contributed by atoms with Gasteiger partial charge in [-0.3, -0.25) is 9.59 Å². The number of cyclic esters (lactones) is 1. The second-order valence-electron chi connectivity index (χ2n) is 9.53. The van der Waals surface area contributed by atoms with Crippen LogP contribution >= 0.6 is 0 Å². The Morgan fingerprint density at radius 2 is 1.92 bits per heavy atom. The van der Waals surface area contributed by atoms with E-state index in [1.54, 1.807) is 41.8 Å². The van der Waals surface area contributed by atoms with Gasteiger partial charge in [0.1, 0.15) is 12.4 Å². The second kappa shape index (κ2) is 8.38. The van der Waals surface area contributed by atoms with Crippen LogP contribution in [0, 0.1) is 0 Å². The molecule has 0 radical (unpaired) electrons. The fourth-order valence-corrected chi connectivity index (χ4v) is 5.30. The van der Waals surface area contributed by atoms with Crippen LogP contribution in [0.5, 0.6) is 5.75 Å². The molecule has 0 saturated carbocycles. The number of phenols is 1. The Bertz CT molecular complexity index is 1670. The van der Waals surface area contributed by atoms with E-state index in [-0.39, 0.29) is 54.2 Å². The molecule has 37 heavy (non-hydrogen) atoms. The van der Waals surface area contributed by atoms with Crippen molar-refractivity contribution in [1.82, 2.24) is 9.55 Å². The van der Waals surface area contributed by atoms with Gasteiger partial charge in [-0.2, -0.15) is 0 Å². The molecule has 2 aliphatic rings. The first-order valence-corrected chi connectivity index (χ1v) is 12.2. The lowest BCUT2D eigenvalue weighted by molar-refractivity contribution is -0.172. The quantitative estimate of drug-likeness (QED) is 0.282. The lowest BCUT2D eigenvalue weighted by atomic mass is 9.86. The maximum atomic E-state index is 13.3. The van der Waals surface area contributed by atoms with Crippen LogP contribution < -0.4 is 5.56 Å². The summed E-state index contributed by atoms with van der Waals surface area (Å²) in [6, 6.07) is 16.1. The van der Waals surface area contributed by atoms with E-state index in [1.807, 2.05) is 24.3 Å². The zero-order valence-corrected chi connectivity index (χ0v) is 20.2. The third-order valence-electron chi connectivity index (χ3n) is 7.46. The number of aromatic hydroxyl groups is 1. The van der Waals surface area contributed by atoms with Crippen molar-refractivity contribution in [2.75, 3.05) is 0 Å². The number of hydrogen-bond acceptors (Lipinski definition) is 7. The van der Waals surface area contributed by atoms with E-state index in [1.165, 1.54) is 0 Å². The zero-order chi connectivity index (χ0) is 25.9. The first kappa shape index (κ1) is 23.1. The molecule has 0 saturated heterocycles. The first-order valence-electron chi connectivity index (χ1n) is 12.2. The van der Waals surface area contributed by atoms with E-state index in [0.29, 0.717) is 39.8 Å². The fourth-order valence-electron chi connectivity index (χ4n) is 5.30. The van der Waals surface area contributed by atoms with Crippen LogP contribution in [0.3, 0.4) is 0 Å². The number of aryl methyl sites for hydroxylation is 1. The molecule has 1 atom stereocenters. The molecular formula is C29H24N2O6. The molecule has 8 heteroatoms. The minimum Gasteiger partial charge on any atom is -0.507 e. The number of nitrogens with zero attached hydrogens (tertiary/aromatic N) is 2. The van der Waals surface area contributed by atoms with Gasteiger partial charge in [0, 0.05) is 28.5 Å². The number of aromatic nitrogens is 2. The Labute approximate surface area is 211 Å². The van der Waals surface area contributed by atoms with Crippen molar-refractivity contribution in [1.29, 1.82) is 0 Å². The maximum absolute atomic E-state index is 13.3. The normalized spacial score (nSPS) is 17.7. The molecule has 8 nitrogen and oxygen atoms in total. The molecular weight excluding hydrogens is 472 g/mol. The summed E-state index contributed by atoms with van der Waals surface area (Å²) in [5.74, 6) is -0.698. The van der Waals surface area contributed by atoms with Crippen LogP contribution in [-0.2, 0) is 34.7 Å². The minimum absolute atomic E-state index is 0.000432. The monoisotopic (exact) mass is 496 g/mol. The Morgan fingerprint density at radius 3 is 2.68 bits per heavy atom. The number of ether oxygens (including phenoxy) is 1. The van der Waals surface area contributed by atoms with Crippen LogP contribution in [0.1, 0.15) is 52.4 Å². The predicted octanol–water partition coefficient (Wildman–Crippen LogP) is 3.60. The Kier molecular flexibility index (Phi) is 5.24. The Hall–Kier alpha value is -4.30. The van der Waals surface area contributed by atoms with Crippen molar-refractivity contribution >= 4 is 22.7 Å². The van der Waals surface area contributed by atoms with Crippen molar-refractivity contribution in [3.8, 4) is 17.1 Å². The molecule has 186 valence electrons. The van der Waals surface area contributed by atoms with Crippen molar-refractivity contribution in [3.05, 3.63) is 92.8 Å². The summed E-state index contributed by atoms with van der Waals surface area (Å²) < 4.78 is 6.67. The third kappa shape index (κ3) is 3.48. The van der Waals surface area contributed by atoms with Crippen LogP contribution in [0.25, 0.3) is 22.3 Å². The predicted molar refractivity (Wildman–Crippen MR) is 135 cm³/mol. The minimum atomic E-state index is -1.88. The molecule has 0 fully saturated rings. The van der Waals surface area contributed by atoms with Gasteiger partial charge in [0.15, 0.2) is 11.4 Å². The summed E-state index contributed by atoms with van der Waals surface area (Å²) in [5.41, 5.74) is 1.95. The number of rotatable bonds is 5. The van der Waals surface area contributed by atoms with E-state index in [4.69, 9.17) is 9.72 Å². The fraction of sp³-hybridized carbons (Fsp3) is 0.241. The van der Waals surface area contributed by atoms with E-state index in [2.05, 4.69) is 0 Å². The van der Waals surface area contributed by atoms with Gasteiger partial charge in [-0.25, -0.2) is 9.78 Å². The summed E-state index contributed by atoms with van der Waals surface area (Å²) in [6.45, 7) is 1.72. The number of esters is 1. The first-order chi connectivity index (χ1) is 17.8. The number of benzene rings is 2. The van der Waals surface area contributed by atoms with Gasteiger partial charge in [0.25, 0.3) is 5.56 Å². The van der Waals surface area contributed by atoms with E-state index >= 15 is 0 Å². The molecule has 6 rings (SSSR count). The Balaban J connectivity index is 1.38. The highest BCUT2D eigenvalue weighted by molar-refractivity contribution is 5.96. The lowest BCUT2D eigenvalue weighted by Gasteiger charge is -2.31. The highest BCUT2D eigenvalue weighted by Crippen LogP contribution is 2.40. The molecule has 0 spiro atoms. The number of fused-ring (bicyclic) bond motifs is 5. The molecule has 0 amide bonds. The maximum Gasteiger partial charge on any atom is 0.343 e. The van der Waals surface area contributed by atoms with Crippen molar-refractivity contribution in [2.24, 2.45) is 0 Å². The number of ketones is 1. The van der Waals surface area contributed by atoms with Crippen LogP contribution in [0.15, 0.2) is 59.4 Å². The average molecular weight is 497 g/mol. The SMILES string of the molecule is CC[C@@]1(O)C(=O)OCc2c1cc1n(c2=O)Cc2cc3c(O)c(CCC(=O)c4ccccc4)ccc3nc2-1. The standard InChI is InChI=1S/C29H24N2O6/c1-2-29(36)21-13-23-25-18(14-31(23)27(34)20(21)15-37-28(29)35)12-19-22(30-25)10-8-17(26(19)33)9-11-24(32)16-6-4-3-5-7-16/h3-8,10,12-13,33,36H,2,9,11,14-15H2,1H3/t29-/m0/s1. The average Bonchev–Trinajstić information content (AvgIpc) is 3.28. The number of aliphatic hydroxyl groups is 1. The topological polar surface area (TPSA) is 119 Å². The third-order valence-corrected chi connectivity index (χ3v) is 7.46. The number of carbonyl (C=O) groups is 2. The molecule has 2 aromatic carbocycles. The molecule has 0 unspecified atom stereocenters. The van der Waals surface area contributed by atoms with Gasteiger partial charge >= 0.3 is 5.97 Å². The van der Waals surface area contributed by atoms with Gasteiger partial charge in [-0.05, 0) is 36.6 Å². The van der Waals surface area contributed by atoms with Gasteiger partial charge in [-0.15, -0.1) is 0 Å². The van der Waals surface area contributed by atoms with E-state index < -0.39 is 11.6 Å². The largest absolute Gasteiger partial charge is 0.507 e. The van der Waals surface area contributed by atoms with Crippen LogP contribution in [-0.4, -0.2) is 31.5 Å². The molecule has 0 bridgehead atoms. The van der Waals surface area contributed by atoms with E-state index in [9.17, 15) is 24.6 Å². The molecule has 2 aromatic heterocycles. The number of pyridine rings is 2. The van der Waals surface area contributed by atoms with Gasteiger partial charge < -0.3 is 19.5 Å². The van der Waals surface area contributed by atoms with Crippen LogP contribution in [0.2, 0.25) is 0 Å². The highest BCUT2D eigenvalue weighted by atomic mass is 16.6. The second-order valence-corrected chi connectivity index (χ2v) is 9.53. The van der Waals surface area contributed by atoms with Crippen LogP contribution in [0.4, 0.5) is 0 Å². The summed E-state index contributed by atoms with van der Waals surface area (Å²) in [4.78, 5) is 42.9. The van der Waals surface area contributed by atoms with E-state index in [0.717, 1.165) is 5.56 Å². The summed E-state index contributed by atoms with van der Waals surface area (Å²) in [5, 5.41) is 22.6. The number of Topliss-reactive ketones (excluding diaryl/α,β-unsaturated/α-hetero) is 1. The number of phenolic OH excluding ortho intramolecular Hbond substituents is 1. The van der Waals surface area contributed by atoms with Gasteiger partial charge in [0.2, 0.25) is 0 Å². The van der Waals surface area contributed by atoms with Crippen molar-refractivity contribution in [2.45, 2.75) is 44.9 Å². The summed E-state index contributed by atoms with van der Waals surface area (Å²) >= 11 is 0. The summed E-state index contributed by atoms with van der Waals surface area (Å²) in [7, 11) is 0. The highest BCUT2D eigenvalue weighted by Gasteiger charge is 2.45. The number of hydrogen-bond donors (Lipinski definition) is 2. The lowest BCUT2D eigenvalue weighted by Crippen LogP contribution is -2.44. The summed E-state index contributed by atoms with van der Waals surface area (Å²) in [6.07, 6.45) is 0.709. The number of carbonyl (C=O) groups excluding carboxylic acids is 2. The zero-order valence-electron chi connectivity index (χ0n) is 20.2.